The standard InChI is InChI=1S/C28H32F2N4O4S/c1-4-31-28(36)26(18-21-8-6-5-7-9-21)33(19-22-10-12-23(29)13-11-22)27(35)20-34(39(37,38)32(2)3)25-16-14-24(30)15-17-25/h5-17,26H,4,18-20H2,1-3H3,(H,31,36)/t26-/m0/s1. The maximum atomic E-state index is 13.9. The normalized spacial score (nSPS) is 12.2. The first-order valence-electron chi connectivity index (χ1n) is 12.3. The molecule has 11 heteroatoms. The van der Waals surface area contributed by atoms with E-state index < -0.39 is 46.2 Å². The van der Waals surface area contributed by atoms with Crippen LogP contribution in [0.2, 0.25) is 0 Å². The number of hydrogen-bond donors (Lipinski definition) is 1. The third-order valence-corrected chi connectivity index (χ3v) is 7.84. The van der Waals surface area contributed by atoms with Gasteiger partial charge in [0.2, 0.25) is 11.8 Å². The molecule has 1 atom stereocenters. The first kappa shape index (κ1) is 29.7. The highest BCUT2D eigenvalue weighted by molar-refractivity contribution is 7.90. The summed E-state index contributed by atoms with van der Waals surface area (Å²) in [6.45, 7) is 1.34. The van der Waals surface area contributed by atoms with Gasteiger partial charge in [-0.1, -0.05) is 42.5 Å². The number of hydrogen-bond acceptors (Lipinski definition) is 4. The van der Waals surface area contributed by atoms with E-state index in [1.54, 1.807) is 6.92 Å². The van der Waals surface area contributed by atoms with Crippen LogP contribution in [-0.2, 0) is 32.8 Å². The molecule has 1 N–H and O–H groups in total. The zero-order valence-corrected chi connectivity index (χ0v) is 22.9. The number of likely N-dealkylation sites (N-methyl/N-ethyl adjacent to an activating group) is 1. The van der Waals surface area contributed by atoms with Gasteiger partial charge < -0.3 is 10.2 Å². The van der Waals surface area contributed by atoms with Crippen molar-refractivity contribution in [3.8, 4) is 0 Å². The lowest BCUT2D eigenvalue weighted by Crippen LogP contribution is -2.54. The fourth-order valence-corrected chi connectivity index (χ4v) is 5.01. The van der Waals surface area contributed by atoms with Crippen LogP contribution in [0, 0.1) is 11.6 Å². The largest absolute Gasteiger partial charge is 0.355 e. The first-order chi connectivity index (χ1) is 18.5. The highest BCUT2D eigenvalue weighted by Gasteiger charge is 2.34. The van der Waals surface area contributed by atoms with Gasteiger partial charge in [0.05, 0.1) is 5.69 Å². The van der Waals surface area contributed by atoms with Crippen molar-refractivity contribution in [1.29, 1.82) is 0 Å². The van der Waals surface area contributed by atoms with E-state index in [4.69, 9.17) is 0 Å². The summed E-state index contributed by atoms with van der Waals surface area (Å²) in [5, 5.41) is 2.76. The molecule has 39 heavy (non-hydrogen) atoms. The molecule has 0 aromatic heterocycles. The molecule has 208 valence electrons. The van der Waals surface area contributed by atoms with Crippen molar-refractivity contribution >= 4 is 27.7 Å². The number of carbonyl (C=O) groups excluding carboxylic acids is 2. The Labute approximate surface area is 228 Å². The molecule has 0 radical (unpaired) electrons. The van der Waals surface area contributed by atoms with Gasteiger partial charge >= 0.3 is 10.2 Å². The Morgan fingerprint density at radius 1 is 0.846 bits per heavy atom. The number of nitrogens with zero attached hydrogens (tertiary/aromatic N) is 3. The monoisotopic (exact) mass is 558 g/mol. The van der Waals surface area contributed by atoms with Crippen LogP contribution < -0.4 is 9.62 Å². The van der Waals surface area contributed by atoms with E-state index >= 15 is 0 Å². The summed E-state index contributed by atoms with van der Waals surface area (Å²) in [5.74, 6) is -2.10. The number of rotatable bonds is 12. The molecule has 3 rings (SSSR count). The van der Waals surface area contributed by atoms with E-state index in [2.05, 4.69) is 5.32 Å². The quantitative estimate of drug-likeness (QED) is 0.369. The summed E-state index contributed by atoms with van der Waals surface area (Å²) < 4.78 is 55.5. The van der Waals surface area contributed by atoms with Crippen LogP contribution in [0.15, 0.2) is 78.9 Å². The highest BCUT2D eigenvalue weighted by atomic mass is 32.2. The van der Waals surface area contributed by atoms with Gasteiger partial charge in [-0.15, -0.1) is 0 Å². The SMILES string of the molecule is CCNC(=O)[C@H](Cc1ccccc1)N(Cc1ccc(F)cc1)C(=O)CN(c1ccc(F)cc1)S(=O)(=O)N(C)C. The van der Waals surface area contributed by atoms with E-state index in [9.17, 15) is 26.8 Å². The summed E-state index contributed by atoms with van der Waals surface area (Å²) in [7, 11) is -1.54. The maximum absolute atomic E-state index is 13.9. The van der Waals surface area contributed by atoms with Gasteiger partial charge in [-0.2, -0.15) is 12.7 Å². The molecular weight excluding hydrogens is 526 g/mol. The van der Waals surface area contributed by atoms with E-state index in [-0.39, 0.29) is 18.7 Å². The van der Waals surface area contributed by atoms with Crippen LogP contribution >= 0.6 is 0 Å². The molecule has 2 amide bonds. The Hall–Kier alpha value is -3.83. The van der Waals surface area contributed by atoms with Crippen molar-refractivity contribution in [2.24, 2.45) is 0 Å². The second kappa shape index (κ2) is 13.3. The minimum atomic E-state index is -4.18. The zero-order chi connectivity index (χ0) is 28.6. The second-order valence-electron chi connectivity index (χ2n) is 9.02. The van der Waals surface area contributed by atoms with Crippen LogP contribution in [0.5, 0.6) is 0 Å². The third-order valence-electron chi connectivity index (χ3n) is 6.02. The Morgan fingerprint density at radius 2 is 1.41 bits per heavy atom. The van der Waals surface area contributed by atoms with Gasteiger partial charge in [-0.25, -0.2) is 13.1 Å². The fraction of sp³-hybridized carbons (Fsp3) is 0.286. The minimum Gasteiger partial charge on any atom is -0.355 e. The molecule has 8 nitrogen and oxygen atoms in total. The van der Waals surface area contributed by atoms with E-state index in [1.165, 1.54) is 55.4 Å². The van der Waals surface area contributed by atoms with Crippen molar-refractivity contribution in [2.45, 2.75) is 25.9 Å². The molecule has 0 aliphatic carbocycles. The predicted molar refractivity (Wildman–Crippen MR) is 146 cm³/mol. The van der Waals surface area contributed by atoms with Crippen LogP contribution in [0.25, 0.3) is 0 Å². The molecule has 0 unspecified atom stereocenters. The molecular formula is C28H32F2N4O4S. The molecule has 0 heterocycles. The molecule has 3 aromatic carbocycles. The molecule has 0 aliphatic rings. The number of benzene rings is 3. The molecule has 0 bridgehead atoms. The molecule has 0 fully saturated rings. The summed E-state index contributed by atoms with van der Waals surface area (Å²) in [6, 6.07) is 18.3. The topological polar surface area (TPSA) is 90.0 Å². The van der Waals surface area contributed by atoms with Gasteiger partial charge in [0.25, 0.3) is 0 Å². The molecule has 0 saturated carbocycles. The third kappa shape index (κ3) is 7.84. The predicted octanol–water partition coefficient (Wildman–Crippen LogP) is 3.35. The molecule has 0 saturated heterocycles. The van der Waals surface area contributed by atoms with Crippen molar-refractivity contribution < 1.29 is 26.8 Å². The average Bonchev–Trinajstić information content (AvgIpc) is 2.91. The van der Waals surface area contributed by atoms with Gasteiger partial charge in [0, 0.05) is 33.6 Å². The minimum absolute atomic E-state index is 0.0764. The number of anilines is 1. The number of nitrogens with one attached hydrogen (secondary N) is 1. The van der Waals surface area contributed by atoms with Crippen LogP contribution in [0.4, 0.5) is 14.5 Å². The lowest BCUT2D eigenvalue weighted by molar-refractivity contribution is -0.140. The van der Waals surface area contributed by atoms with E-state index in [0.29, 0.717) is 12.1 Å². The molecule has 0 spiro atoms. The lowest BCUT2D eigenvalue weighted by atomic mass is 10.0. The lowest BCUT2D eigenvalue weighted by Gasteiger charge is -2.34. The molecule has 0 aliphatic heterocycles. The zero-order valence-electron chi connectivity index (χ0n) is 22.1. The van der Waals surface area contributed by atoms with Crippen LogP contribution in [0.3, 0.4) is 0 Å². The van der Waals surface area contributed by atoms with Crippen molar-refractivity contribution in [1.82, 2.24) is 14.5 Å². The Bertz CT molecular complexity index is 1350. The van der Waals surface area contributed by atoms with Gasteiger partial charge in [-0.3, -0.25) is 9.59 Å². The Kier molecular flexibility index (Phi) is 10.1. The summed E-state index contributed by atoms with van der Waals surface area (Å²) in [6.07, 6.45) is 0.163. The highest BCUT2D eigenvalue weighted by Crippen LogP contribution is 2.22. The van der Waals surface area contributed by atoms with Gasteiger partial charge in [0.1, 0.15) is 24.2 Å². The average molecular weight is 559 g/mol. The second-order valence-corrected chi connectivity index (χ2v) is 11.1. The summed E-state index contributed by atoms with van der Waals surface area (Å²) in [4.78, 5) is 28.5. The van der Waals surface area contributed by atoms with Crippen molar-refractivity contribution in [2.75, 3.05) is 31.5 Å². The number of halogens is 2. The summed E-state index contributed by atoms with van der Waals surface area (Å²) in [5.41, 5.74) is 1.43. The van der Waals surface area contributed by atoms with Gasteiger partial charge in [-0.05, 0) is 54.4 Å². The van der Waals surface area contributed by atoms with E-state index in [0.717, 1.165) is 26.3 Å². The van der Waals surface area contributed by atoms with Crippen molar-refractivity contribution in [3.05, 3.63) is 102 Å². The molecule has 3 aromatic rings. The maximum Gasteiger partial charge on any atom is 0.304 e. The Morgan fingerprint density at radius 3 is 1.95 bits per heavy atom. The summed E-state index contributed by atoms with van der Waals surface area (Å²) >= 11 is 0. The fourth-order valence-electron chi connectivity index (χ4n) is 3.96. The Balaban J connectivity index is 2.06. The van der Waals surface area contributed by atoms with Crippen molar-refractivity contribution in [3.63, 3.8) is 0 Å². The van der Waals surface area contributed by atoms with Crippen LogP contribution in [-0.4, -0.2) is 62.7 Å². The smallest absolute Gasteiger partial charge is 0.304 e. The number of carbonyl (C=O) groups is 2. The van der Waals surface area contributed by atoms with E-state index in [1.807, 2.05) is 30.3 Å². The first-order valence-corrected chi connectivity index (χ1v) is 13.7. The number of amides is 2. The van der Waals surface area contributed by atoms with Gasteiger partial charge in [0.15, 0.2) is 0 Å². The van der Waals surface area contributed by atoms with Crippen LogP contribution in [0.1, 0.15) is 18.1 Å².